The minimum Gasteiger partial charge on any atom is -0.310 e. The molecule has 0 aromatic carbocycles. The lowest BCUT2D eigenvalue weighted by Crippen LogP contribution is -2.35. The van der Waals surface area contributed by atoms with Crippen LogP contribution in [0.2, 0.25) is 0 Å². The molecule has 88 valence electrons. The van der Waals surface area contributed by atoms with Crippen molar-refractivity contribution in [1.82, 2.24) is 10.3 Å². The summed E-state index contributed by atoms with van der Waals surface area (Å²) >= 11 is 0. The predicted octanol–water partition coefficient (Wildman–Crippen LogP) is 3.14. The highest BCUT2D eigenvalue weighted by atomic mass is 14.9. The Labute approximate surface area is 98.5 Å². The summed E-state index contributed by atoms with van der Waals surface area (Å²) in [4.78, 5) is 4.03. The Bertz CT molecular complexity index is 309. The maximum absolute atomic E-state index is 4.03. The smallest absolute Gasteiger partial charge is 0.0271 e. The van der Waals surface area contributed by atoms with Crippen LogP contribution in [-0.4, -0.2) is 11.0 Å². The monoisotopic (exact) mass is 218 g/mol. The summed E-state index contributed by atoms with van der Waals surface area (Å²) in [5.74, 6) is 0. The molecular weight excluding hydrogens is 196 g/mol. The first-order valence-electron chi connectivity index (χ1n) is 6.28. The first-order valence-corrected chi connectivity index (χ1v) is 6.28. The number of nitrogens with one attached hydrogen (secondary N) is 1. The maximum atomic E-state index is 4.03. The van der Waals surface area contributed by atoms with Crippen molar-refractivity contribution in [3.8, 4) is 0 Å². The van der Waals surface area contributed by atoms with E-state index in [0.717, 1.165) is 6.54 Å². The molecule has 1 aliphatic rings. The summed E-state index contributed by atoms with van der Waals surface area (Å²) in [6.45, 7) is 5.74. The van der Waals surface area contributed by atoms with Crippen LogP contribution in [0.5, 0.6) is 0 Å². The number of aromatic nitrogens is 1. The molecule has 1 aromatic heterocycles. The highest BCUT2D eigenvalue weighted by molar-refractivity contribution is 5.09. The van der Waals surface area contributed by atoms with E-state index in [4.69, 9.17) is 0 Å². The van der Waals surface area contributed by atoms with Crippen LogP contribution >= 0.6 is 0 Å². The SMILES string of the molecule is CC1(C)CCC(NCc2ccncc2)CC1. The molecule has 1 heterocycles. The van der Waals surface area contributed by atoms with Crippen molar-refractivity contribution < 1.29 is 0 Å². The minimum atomic E-state index is 0.564. The van der Waals surface area contributed by atoms with Crippen LogP contribution in [0.4, 0.5) is 0 Å². The third kappa shape index (κ3) is 3.31. The van der Waals surface area contributed by atoms with Crippen molar-refractivity contribution in [1.29, 1.82) is 0 Å². The Balaban J connectivity index is 1.76. The zero-order valence-electron chi connectivity index (χ0n) is 10.4. The molecule has 0 bridgehead atoms. The third-order valence-electron chi connectivity index (χ3n) is 3.68. The van der Waals surface area contributed by atoms with Gasteiger partial charge >= 0.3 is 0 Å². The molecule has 0 spiro atoms. The van der Waals surface area contributed by atoms with Crippen LogP contribution in [0.3, 0.4) is 0 Å². The van der Waals surface area contributed by atoms with E-state index in [0.29, 0.717) is 11.5 Å². The van der Waals surface area contributed by atoms with Gasteiger partial charge in [0, 0.05) is 25.0 Å². The second-order valence-electron chi connectivity index (χ2n) is 5.67. The molecule has 0 unspecified atom stereocenters. The Hall–Kier alpha value is -0.890. The molecule has 1 N–H and O–H groups in total. The molecule has 0 aliphatic heterocycles. The summed E-state index contributed by atoms with van der Waals surface area (Å²) in [6.07, 6.45) is 9.06. The van der Waals surface area contributed by atoms with Crippen molar-refractivity contribution in [3.63, 3.8) is 0 Å². The quantitative estimate of drug-likeness (QED) is 0.843. The molecule has 0 atom stereocenters. The normalized spacial score (nSPS) is 20.9. The molecule has 16 heavy (non-hydrogen) atoms. The van der Waals surface area contributed by atoms with Gasteiger partial charge in [0.05, 0.1) is 0 Å². The average molecular weight is 218 g/mol. The van der Waals surface area contributed by atoms with Gasteiger partial charge in [0.1, 0.15) is 0 Å². The van der Waals surface area contributed by atoms with Gasteiger partial charge in [-0.3, -0.25) is 4.98 Å². The maximum Gasteiger partial charge on any atom is 0.0271 e. The van der Waals surface area contributed by atoms with Crippen molar-refractivity contribution in [2.75, 3.05) is 0 Å². The summed E-state index contributed by atoms with van der Waals surface area (Å²) in [7, 11) is 0. The first kappa shape index (κ1) is 11.6. The standard InChI is InChI=1S/C14H22N2/c1-14(2)7-3-13(4-8-14)16-11-12-5-9-15-10-6-12/h5-6,9-10,13,16H,3-4,7-8,11H2,1-2H3. The molecule has 1 aromatic rings. The van der Waals surface area contributed by atoms with Gasteiger partial charge in [-0.05, 0) is 48.8 Å². The molecule has 2 nitrogen and oxygen atoms in total. The largest absolute Gasteiger partial charge is 0.310 e. The summed E-state index contributed by atoms with van der Waals surface area (Å²) in [6, 6.07) is 4.88. The Morgan fingerprint density at radius 1 is 1.25 bits per heavy atom. The lowest BCUT2D eigenvalue weighted by molar-refractivity contribution is 0.206. The van der Waals surface area contributed by atoms with Crippen molar-refractivity contribution in [3.05, 3.63) is 30.1 Å². The van der Waals surface area contributed by atoms with Crippen LogP contribution in [0.15, 0.2) is 24.5 Å². The Morgan fingerprint density at radius 2 is 1.88 bits per heavy atom. The molecule has 2 heteroatoms. The molecule has 0 radical (unpaired) electrons. The fourth-order valence-corrected chi connectivity index (χ4v) is 2.37. The summed E-state index contributed by atoms with van der Waals surface area (Å²) < 4.78 is 0. The average Bonchev–Trinajstić information content (AvgIpc) is 2.29. The van der Waals surface area contributed by atoms with Crippen LogP contribution in [-0.2, 0) is 6.54 Å². The van der Waals surface area contributed by atoms with Gasteiger partial charge in [-0.25, -0.2) is 0 Å². The van der Waals surface area contributed by atoms with E-state index in [1.54, 1.807) is 0 Å². The van der Waals surface area contributed by atoms with Crippen LogP contribution < -0.4 is 5.32 Å². The zero-order valence-corrected chi connectivity index (χ0v) is 10.4. The van der Waals surface area contributed by atoms with Gasteiger partial charge in [-0.2, -0.15) is 0 Å². The van der Waals surface area contributed by atoms with Gasteiger partial charge in [-0.1, -0.05) is 13.8 Å². The van der Waals surface area contributed by atoms with Crippen LogP contribution in [0.1, 0.15) is 45.1 Å². The molecule has 1 aliphatic carbocycles. The van der Waals surface area contributed by atoms with E-state index in [-0.39, 0.29) is 0 Å². The second kappa shape index (κ2) is 4.96. The number of hydrogen-bond acceptors (Lipinski definition) is 2. The van der Waals surface area contributed by atoms with Crippen molar-refractivity contribution in [2.45, 2.75) is 52.1 Å². The molecule has 1 fully saturated rings. The predicted molar refractivity (Wildman–Crippen MR) is 67.1 cm³/mol. The van der Waals surface area contributed by atoms with E-state index >= 15 is 0 Å². The highest BCUT2D eigenvalue weighted by Gasteiger charge is 2.26. The van der Waals surface area contributed by atoms with E-state index < -0.39 is 0 Å². The van der Waals surface area contributed by atoms with Gasteiger partial charge in [0.2, 0.25) is 0 Å². The molecule has 1 saturated carbocycles. The lowest BCUT2D eigenvalue weighted by Gasteiger charge is -2.34. The van der Waals surface area contributed by atoms with E-state index in [1.807, 2.05) is 12.4 Å². The minimum absolute atomic E-state index is 0.564. The molecule has 0 amide bonds. The van der Waals surface area contributed by atoms with Gasteiger partial charge < -0.3 is 5.32 Å². The highest BCUT2D eigenvalue weighted by Crippen LogP contribution is 2.34. The lowest BCUT2D eigenvalue weighted by atomic mass is 9.75. The number of rotatable bonds is 3. The van der Waals surface area contributed by atoms with Gasteiger partial charge in [0.25, 0.3) is 0 Å². The summed E-state index contributed by atoms with van der Waals surface area (Å²) in [5, 5.41) is 3.65. The second-order valence-corrected chi connectivity index (χ2v) is 5.67. The summed E-state index contributed by atoms with van der Waals surface area (Å²) in [5.41, 5.74) is 1.90. The Kier molecular flexibility index (Phi) is 3.59. The molecular formula is C14H22N2. The van der Waals surface area contributed by atoms with Gasteiger partial charge in [-0.15, -0.1) is 0 Å². The van der Waals surface area contributed by atoms with E-state index in [2.05, 4.69) is 36.3 Å². The topological polar surface area (TPSA) is 24.9 Å². The molecule has 2 rings (SSSR count). The van der Waals surface area contributed by atoms with Crippen LogP contribution in [0, 0.1) is 5.41 Å². The van der Waals surface area contributed by atoms with Gasteiger partial charge in [0.15, 0.2) is 0 Å². The van der Waals surface area contributed by atoms with Crippen molar-refractivity contribution >= 4 is 0 Å². The van der Waals surface area contributed by atoms with Crippen molar-refractivity contribution in [2.24, 2.45) is 5.41 Å². The molecule has 0 saturated heterocycles. The zero-order chi connectivity index (χ0) is 11.4. The van der Waals surface area contributed by atoms with E-state index in [1.165, 1.54) is 31.2 Å². The van der Waals surface area contributed by atoms with Crippen LogP contribution in [0.25, 0.3) is 0 Å². The fraction of sp³-hybridized carbons (Fsp3) is 0.643. The first-order chi connectivity index (χ1) is 7.66. The Morgan fingerprint density at radius 3 is 2.50 bits per heavy atom. The fourth-order valence-electron chi connectivity index (χ4n) is 2.37. The number of nitrogens with zero attached hydrogens (tertiary/aromatic N) is 1. The third-order valence-corrected chi connectivity index (χ3v) is 3.68. The number of hydrogen-bond donors (Lipinski definition) is 1. The van der Waals surface area contributed by atoms with E-state index in [9.17, 15) is 0 Å². The number of pyridine rings is 1.